The van der Waals surface area contributed by atoms with E-state index in [0.29, 0.717) is 11.5 Å². The molecule has 1 fully saturated rings. The monoisotopic (exact) mass is 293 g/mol. The van der Waals surface area contributed by atoms with Crippen LogP contribution in [0.2, 0.25) is 0 Å². The Balaban J connectivity index is 1.98. The Hall–Kier alpha value is -0.930. The summed E-state index contributed by atoms with van der Waals surface area (Å²) >= 11 is 0. The minimum atomic E-state index is -0.194. The van der Waals surface area contributed by atoms with Gasteiger partial charge in [-0.3, -0.25) is 0 Å². The van der Waals surface area contributed by atoms with Crippen LogP contribution in [0.3, 0.4) is 0 Å². The number of benzene rings is 1. The first-order chi connectivity index (χ1) is 10.00. The quantitative estimate of drug-likeness (QED) is 0.836. The van der Waals surface area contributed by atoms with E-state index >= 15 is 0 Å². The number of hydrogen-bond donors (Lipinski definition) is 1. The van der Waals surface area contributed by atoms with Gasteiger partial charge in [0.1, 0.15) is 5.82 Å². The highest BCUT2D eigenvalue weighted by atomic mass is 19.1. The van der Waals surface area contributed by atoms with E-state index in [9.17, 15) is 4.39 Å². The van der Waals surface area contributed by atoms with Crippen molar-refractivity contribution in [3.63, 3.8) is 0 Å². The van der Waals surface area contributed by atoms with Gasteiger partial charge in [-0.2, -0.15) is 0 Å². The Morgan fingerprint density at radius 1 is 1.24 bits per heavy atom. The minimum absolute atomic E-state index is 0.0109. The Labute approximate surface area is 128 Å². The van der Waals surface area contributed by atoms with Crippen LogP contribution in [-0.2, 0) is 4.74 Å². The first-order valence-corrected chi connectivity index (χ1v) is 8.12. The molecule has 1 aliphatic rings. The lowest BCUT2D eigenvalue weighted by Gasteiger charge is -2.36. The molecule has 3 heteroatoms. The van der Waals surface area contributed by atoms with Crippen molar-refractivity contribution in [1.29, 1.82) is 0 Å². The lowest BCUT2D eigenvalue weighted by molar-refractivity contribution is -0.0459. The second-order valence-electron chi connectivity index (χ2n) is 6.85. The van der Waals surface area contributed by atoms with Crippen LogP contribution in [0, 0.1) is 11.2 Å². The van der Waals surface area contributed by atoms with Gasteiger partial charge in [0.15, 0.2) is 0 Å². The number of likely N-dealkylation sites (N-methyl/N-ethyl adjacent to an activating group) is 1. The van der Waals surface area contributed by atoms with Gasteiger partial charge in [0.05, 0.1) is 12.2 Å². The lowest BCUT2D eigenvalue weighted by atomic mass is 9.76. The summed E-state index contributed by atoms with van der Waals surface area (Å²) in [6, 6.07) is 6.71. The van der Waals surface area contributed by atoms with Gasteiger partial charge in [0, 0.05) is 6.54 Å². The Kier molecular flexibility index (Phi) is 5.77. The fourth-order valence-corrected chi connectivity index (χ4v) is 2.94. The third-order valence-corrected chi connectivity index (χ3v) is 4.46. The van der Waals surface area contributed by atoms with E-state index < -0.39 is 0 Å². The van der Waals surface area contributed by atoms with Gasteiger partial charge in [-0.25, -0.2) is 4.39 Å². The topological polar surface area (TPSA) is 21.3 Å². The lowest BCUT2D eigenvalue weighted by Crippen LogP contribution is -2.31. The Morgan fingerprint density at radius 3 is 2.43 bits per heavy atom. The summed E-state index contributed by atoms with van der Waals surface area (Å²) in [4.78, 5) is 0. The highest BCUT2D eigenvalue weighted by Gasteiger charge is 2.29. The van der Waals surface area contributed by atoms with Crippen molar-refractivity contribution < 1.29 is 9.13 Å². The summed E-state index contributed by atoms with van der Waals surface area (Å²) in [5.41, 5.74) is 1.51. The van der Waals surface area contributed by atoms with E-state index in [4.69, 9.17) is 4.74 Å². The molecule has 0 radical (unpaired) electrons. The van der Waals surface area contributed by atoms with Gasteiger partial charge in [-0.1, -0.05) is 32.9 Å². The van der Waals surface area contributed by atoms with Crippen LogP contribution in [0.5, 0.6) is 0 Å². The fourth-order valence-electron chi connectivity index (χ4n) is 2.94. The van der Waals surface area contributed by atoms with E-state index in [1.165, 1.54) is 25.0 Å². The number of ether oxygens (including phenoxy) is 1. The maximum absolute atomic E-state index is 13.1. The second-order valence-corrected chi connectivity index (χ2v) is 6.85. The van der Waals surface area contributed by atoms with E-state index in [-0.39, 0.29) is 11.9 Å². The maximum atomic E-state index is 13.1. The van der Waals surface area contributed by atoms with Crippen molar-refractivity contribution in [3.8, 4) is 0 Å². The van der Waals surface area contributed by atoms with Crippen molar-refractivity contribution >= 4 is 0 Å². The molecule has 0 bridgehead atoms. The maximum Gasteiger partial charge on any atom is 0.123 e. The highest BCUT2D eigenvalue weighted by Crippen LogP contribution is 2.37. The van der Waals surface area contributed by atoms with Crippen molar-refractivity contribution in [2.75, 3.05) is 13.1 Å². The summed E-state index contributed by atoms with van der Waals surface area (Å²) in [6.07, 6.45) is 5.01. The molecule has 2 rings (SSSR count). The molecule has 1 atom stereocenters. The average Bonchev–Trinajstić information content (AvgIpc) is 2.46. The third-order valence-electron chi connectivity index (χ3n) is 4.46. The number of rotatable bonds is 6. The standard InChI is InChI=1S/C18H28FNO/c1-4-20-13-17(14-5-7-15(19)8-6-14)21-16-9-11-18(2,3)12-10-16/h5-8,16-17,20H,4,9-13H2,1-3H3. The van der Waals surface area contributed by atoms with Crippen LogP contribution in [-0.4, -0.2) is 19.2 Å². The molecule has 21 heavy (non-hydrogen) atoms. The predicted molar refractivity (Wildman–Crippen MR) is 84.8 cm³/mol. The van der Waals surface area contributed by atoms with Crippen molar-refractivity contribution in [2.24, 2.45) is 5.41 Å². The normalized spacial score (nSPS) is 20.4. The van der Waals surface area contributed by atoms with Crippen LogP contribution in [0.4, 0.5) is 4.39 Å². The molecule has 2 nitrogen and oxygen atoms in total. The van der Waals surface area contributed by atoms with Gasteiger partial charge in [-0.05, 0) is 55.3 Å². The third kappa shape index (κ3) is 5.08. The predicted octanol–water partition coefficient (Wildman–Crippen LogP) is 4.46. The Morgan fingerprint density at radius 2 is 1.86 bits per heavy atom. The van der Waals surface area contributed by atoms with E-state index in [2.05, 4.69) is 26.1 Å². The van der Waals surface area contributed by atoms with Gasteiger partial charge in [-0.15, -0.1) is 0 Å². The number of hydrogen-bond acceptors (Lipinski definition) is 2. The molecule has 1 aromatic rings. The smallest absolute Gasteiger partial charge is 0.123 e. The van der Waals surface area contributed by atoms with Gasteiger partial charge >= 0.3 is 0 Å². The van der Waals surface area contributed by atoms with Crippen molar-refractivity contribution in [1.82, 2.24) is 5.32 Å². The van der Waals surface area contributed by atoms with E-state index in [1.807, 2.05) is 12.1 Å². The molecule has 0 heterocycles. The molecular weight excluding hydrogens is 265 g/mol. The molecular formula is C18H28FNO. The van der Waals surface area contributed by atoms with E-state index in [1.54, 1.807) is 0 Å². The zero-order chi connectivity index (χ0) is 15.3. The summed E-state index contributed by atoms with van der Waals surface area (Å²) in [6.45, 7) is 8.45. The molecule has 0 amide bonds. The van der Waals surface area contributed by atoms with Crippen LogP contribution < -0.4 is 5.32 Å². The van der Waals surface area contributed by atoms with Crippen LogP contribution in [0.15, 0.2) is 24.3 Å². The van der Waals surface area contributed by atoms with Gasteiger partial charge < -0.3 is 10.1 Å². The molecule has 118 valence electrons. The molecule has 0 aliphatic heterocycles. The number of halogens is 1. The molecule has 0 saturated heterocycles. The fraction of sp³-hybridized carbons (Fsp3) is 0.667. The molecule has 1 unspecified atom stereocenters. The first kappa shape index (κ1) is 16.4. The highest BCUT2D eigenvalue weighted by molar-refractivity contribution is 5.19. The second kappa shape index (κ2) is 7.37. The number of nitrogens with one attached hydrogen (secondary N) is 1. The zero-order valence-electron chi connectivity index (χ0n) is 13.5. The van der Waals surface area contributed by atoms with Crippen molar-refractivity contribution in [3.05, 3.63) is 35.6 Å². The van der Waals surface area contributed by atoms with Gasteiger partial charge in [0.2, 0.25) is 0 Å². The summed E-state index contributed by atoms with van der Waals surface area (Å²) in [5.74, 6) is -0.194. The molecule has 1 aliphatic carbocycles. The first-order valence-electron chi connectivity index (χ1n) is 8.12. The van der Waals surface area contributed by atoms with Crippen LogP contribution in [0.1, 0.15) is 58.1 Å². The average molecular weight is 293 g/mol. The Bertz CT molecular complexity index is 419. The molecule has 0 spiro atoms. The van der Waals surface area contributed by atoms with Crippen LogP contribution in [0.25, 0.3) is 0 Å². The molecule has 1 saturated carbocycles. The minimum Gasteiger partial charge on any atom is -0.369 e. The largest absolute Gasteiger partial charge is 0.369 e. The zero-order valence-corrected chi connectivity index (χ0v) is 13.5. The summed E-state index contributed by atoms with van der Waals surface area (Å²) in [7, 11) is 0. The SMILES string of the molecule is CCNCC(OC1CCC(C)(C)CC1)c1ccc(F)cc1. The van der Waals surface area contributed by atoms with Gasteiger partial charge in [0.25, 0.3) is 0 Å². The summed E-state index contributed by atoms with van der Waals surface area (Å²) < 4.78 is 19.4. The van der Waals surface area contributed by atoms with Crippen molar-refractivity contribution in [2.45, 2.75) is 58.7 Å². The van der Waals surface area contributed by atoms with E-state index in [0.717, 1.165) is 31.5 Å². The summed E-state index contributed by atoms with van der Waals surface area (Å²) in [5, 5.41) is 3.35. The van der Waals surface area contributed by atoms with Crippen LogP contribution >= 0.6 is 0 Å². The molecule has 1 aromatic carbocycles. The molecule has 1 N–H and O–H groups in total. The molecule has 0 aromatic heterocycles.